The summed E-state index contributed by atoms with van der Waals surface area (Å²) in [7, 11) is 2.12. The molecule has 0 N–H and O–H groups in total. The zero-order valence-electron chi connectivity index (χ0n) is 12.7. The molecular weight excluding hydrogens is 264 g/mol. The number of esters is 1. The van der Waals surface area contributed by atoms with E-state index < -0.39 is 8.80 Å². The SMILES string of the molecule is C=C(C)C(=O)OCCC(CCC)[Si](OC)(OC)OC. The molecule has 0 aromatic carbocycles. The van der Waals surface area contributed by atoms with Crippen molar-refractivity contribution in [2.45, 2.75) is 38.7 Å². The van der Waals surface area contributed by atoms with Gasteiger partial charge >= 0.3 is 14.8 Å². The van der Waals surface area contributed by atoms with Crippen molar-refractivity contribution in [1.29, 1.82) is 0 Å². The predicted octanol–water partition coefficient (Wildman–Crippen LogP) is 2.54. The summed E-state index contributed by atoms with van der Waals surface area (Å²) >= 11 is 0. The van der Waals surface area contributed by atoms with Crippen LogP contribution in [0.1, 0.15) is 33.1 Å². The van der Waals surface area contributed by atoms with Gasteiger partial charge < -0.3 is 18.0 Å². The summed E-state index contributed by atoms with van der Waals surface area (Å²) < 4.78 is 21.6. The molecule has 0 saturated heterocycles. The summed E-state index contributed by atoms with van der Waals surface area (Å²) in [6.07, 6.45) is 2.56. The van der Waals surface area contributed by atoms with Gasteiger partial charge in [0.1, 0.15) is 0 Å². The first-order valence-electron chi connectivity index (χ1n) is 6.45. The highest BCUT2D eigenvalue weighted by atomic mass is 28.4. The van der Waals surface area contributed by atoms with Crippen LogP contribution < -0.4 is 0 Å². The lowest BCUT2D eigenvalue weighted by Gasteiger charge is -2.32. The fraction of sp³-hybridized carbons (Fsp3) is 0.769. The van der Waals surface area contributed by atoms with Gasteiger partial charge in [-0.1, -0.05) is 19.9 Å². The Labute approximate surface area is 117 Å². The predicted molar refractivity (Wildman–Crippen MR) is 75.8 cm³/mol. The van der Waals surface area contributed by atoms with E-state index in [2.05, 4.69) is 13.5 Å². The number of carbonyl (C=O) groups excluding carboxylic acids is 1. The molecular formula is C13H26O5Si. The maximum absolute atomic E-state index is 11.3. The molecule has 0 amide bonds. The van der Waals surface area contributed by atoms with Crippen LogP contribution in [0, 0.1) is 0 Å². The van der Waals surface area contributed by atoms with Gasteiger partial charge in [-0.2, -0.15) is 0 Å². The van der Waals surface area contributed by atoms with Crippen LogP contribution in [0.25, 0.3) is 0 Å². The maximum atomic E-state index is 11.3. The lowest BCUT2D eigenvalue weighted by molar-refractivity contribution is -0.139. The van der Waals surface area contributed by atoms with Crippen LogP contribution in [0.3, 0.4) is 0 Å². The third-order valence-electron chi connectivity index (χ3n) is 3.04. The van der Waals surface area contributed by atoms with Gasteiger partial charge in [0, 0.05) is 32.4 Å². The van der Waals surface area contributed by atoms with Gasteiger partial charge in [0.15, 0.2) is 0 Å². The smallest absolute Gasteiger partial charge is 0.462 e. The largest absolute Gasteiger partial charge is 0.503 e. The Kier molecular flexibility index (Phi) is 8.91. The molecule has 5 nitrogen and oxygen atoms in total. The van der Waals surface area contributed by atoms with Crippen molar-refractivity contribution >= 4 is 14.8 Å². The second-order valence-corrected chi connectivity index (χ2v) is 7.65. The lowest BCUT2D eigenvalue weighted by Crippen LogP contribution is -2.48. The number of ether oxygens (including phenoxy) is 1. The van der Waals surface area contributed by atoms with Crippen LogP contribution in [0.5, 0.6) is 0 Å². The molecule has 1 atom stereocenters. The molecule has 0 bridgehead atoms. The van der Waals surface area contributed by atoms with E-state index in [9.17, 15) is 4.79 Å². The third-order valence-corrected chi connectivity index (χ3v) is 6.32. The summed E-state index contributed by atoms with van der Waals surface area (Å²) in [5, 5.41) is 0. The van der Waals surface area contributed by atoms with E-state index in [1.165, 1.54) is 0 Å². The topological polar surface area (TPSA) is 54.0 Å². The van der Waals surface area contributed by atoms with Gasteiger partial charge in [-0.25, -0.2) is 4.79 Å². The Hall–Kier alpha value is -0.693. The van der Waals surface area contributed by atoms with E-state index in [0.717, 1.165) is 12.8 Å². The zero-order chi connectivity index (χ0) is 14.9. The highest BCUT2D eigenvalue weighted by Crippen LogP contribution is 2.32. The van der Waals surface area contributed by atoms with E-state index >= 15 is 0 Å². The Balaban J connectivity index is 4.55. The molecule has 0 aromatic rings. The molecule has 0 aromatic heterocycles. The van der Waals surface area contributed by atoms with Gasteiger partial charge in [-0.3, -0.25) is 0 Å². The minimum Gasteiger partial charge on any atom is -0.462 e. The third kappa shape index (κ3) is 5.44. The molecule has 0 rings (SSSR count). The summed E-state index contributed by atoms with van der Waals surface area (Å²) in [4.78, 5) is 11.3. The molecule has 0 aliphatic carbocycles. The van der Waals surface area contributed by atoms with E-state index in [4.69, 9.17) is 18.0 Å². The van der Waals surface area contributed by atoms with Gasteiger partial charge in [0.05, 0.1) is 6.61 Å². The molecule has 0 spiro atoms. The quantitative estimate of drug-likeness (QED) is 0.351. The first-order valence-corrected chi connectivity index (χ1v) is 8.25. The van der Waals surface area contributed by atoms with Crippen molar-refractivity contribution in [3.05, 3.63) is 12.2 Å². The molecule has 6 heteroatoms. The standard InChI is InChI=1S/C13H26O5Si/c1-7-8-12(19(15-4,16-5)17-6)9-10-18-13(14)11(2)3/h12H,2,7-10H2,1,3-6H3. The van der Waals surface area contributed by atoms with Crippen LogP contribution in [0.15, 0.2) is 12.2 Å². The molecule has 0 radical (unpaired) electrons. The Morgan fingerprint density at radius 3 is 2.05 bits per heavy atom. The highest BCUT2D eigenvalue weighted by molar-refractivity contribution is 6.62. The van der Waals surface area contributed by atoms with E-state index in [1.807, 2.05) is 0 Å². The average molecular weight is 290 g/mol. The van der Waals surface area contributed by atoms with E-state index in [-0.39, 0.29) is 11.5 Å². The van der Waals surface area contributed by atoms with Crippen molar-refractivity contribution < 1.29 is 22.8 Å². The molecule has 1 unspecified atom stereocenters. The minimum atomic E-state index is -2.68. The van der Waals surface area contributed by atoms with Gasteiger partial charge in [0.25, 0.3) is 0 Å². The normalized spacial score (nSPS) is 13.1. The molecule has 0 heterocycles. The summed E-state index contributed by atoms with van der Waals surface area (Å²) in [5.74, 6) is -0.366. The summed E-state index contributed by atoms with van der Waals surface area (Å²) in [6, 6.07) is 0. The van der Waals surface area contributed by atoms with Crippen molar-refractivity contribution in [2.24, 2.45) is 0 Å². The molecule has 19 heavy (non-hydrogen) atoms. The summed E-state index contributed by atoms with van der Waals surface area (Å²) in [5.41, 5.74) is 0.524. The lowest BCUT2D eigenvalue weighted by atomic mass is 10.2. The highest BCUT2D eigenvalue weighted by Gasteiger charge is 2.46. The summed E-state index contributed by atoms with van der Waals surface area (Å²) in [6.45, 7) is 7.59. The molecule has 0 fully saturated rings. The number of carbonyl (C=O) groups is 1. The zero-order valence-corrected chi connectivity index (χ0v) is 13.7. The van der Waals surface area contributed by atoms with Crippen LogP contribution in [0.2, 0.25) is 5.54 Å². The first kappa shape index (κ1) is 18.3. The first-order chi connectivity index (χ1) is 8.97. The fourth-order valence-electron chi connectivity index (χ4n) is 2.01. The van der Waals surface area contributed by atoms with Crippen LogP contribution in [0.4, 0.5) is 0 Å². The second-order valence-electron chi connectivity index (χ2n) is 4.41. The van der Waals surface area contributed by atoms with E-state index in [1.54, 1.807) is 28.3 Å². The molecule has 0 saturated carbocycles. The van der Waals surface area contributed by atoms with Gasteiger partial charge in [-0.05, 0) is 19.8 Å². The maximum Gasteiger partial charge on any atom is 0.503 e. The second kappa shape index (κ2) is 9.25. The molecule has 0 aliphatic heterocycles. The van der Waals surface area contributed by atoms with Crippen LogP contribution in [-0.2, 0) is 22.8 Å². The van der Waals surface area contributed by atoms with Gasteiger partial charge in [0.2, 0.25) is 0 Å². The Morgan fingerprint density at radius 2 is 1.68 bits per heavy atom. The number of hydrogen-bond donors (Lipinski definition) is 0. The van der Waals surface area contributed by atoms with Crippen LogP contribution in [-0.4, -0.2) is 42.7 Å². The monoisotopic (exact) mass is 290 g/mol. The fourth-order valence-corrected chi connectivity index (χ4v) is 4.63. The Morgan fingerprint density at radius 1 is 1.16 bits per heavy atom. The van der Waals surface area contributed by atoms with Gasteiger partial charge in [-0.15, -0.1) is 0 Å². The Bertz CT molecular complexity index is 280. The average Bonchev–Trinajstić information content (AvgIpc) is 2.41. The number of hydrogen-bond acceptors (Lipinski definition) is 5. The van der Waals surface area contributed by atoms with Crippen LogP contribution >= 0.6 is 0 Å². The molecule has 112 valence electrons. The van der Waals surface area contributed by atoms with Crippen molar-refractivity contribution in [3.8, 4) is 0 Å². The van der Waals surface area contributed by atoms with E-state index in [0.29, 0.717) is 18.6 Å². The van der Waals surface area contributed by atoms with Crippen molar-refractivity contribution in [1.82, 2.24) is 0 Å². The number of rotatable bonds is 10. The van der Waals surface area contributed by atoms with Crippen molar-refractivity contribution in [3.63, 3.8) is 0 Å². The van der Waals surface area contributed by atoms with Crippen molar-refractivity contribution in [2.75, 3.05) is 27.9 Å². The molecule has 0 aliphatic rings. The minimum absolute atomic E-state index is 0.121.